The first-order valence-electron chi connectivity index (χ1n) is 8.37. The van der Waals surface area contributed by atoms with E-state index in [1.165, 1.54) is 0 Å². The molecule has 1 saturated heterocycles. The number of hydrogen-bond acceptors (Lipinski definition) is 4. The summed E-state index contributed by atoms with van der Waals surface area (Å²) in [7, 11) is 0. The van der Waals surface area contributed by atoms with Gasteiger partial charge in [0.15, 0.2) is 0 Å². The molecule has 1 atom stereocenters. The molecule has 0 radical (unpaired) electrons. The van der Waals surface area contributed by atoms with Crippen molar-refractivity contribution in [3.05, 3.63) is 54.2 Å². The highest BCUT2D eigenvalue weighted by Gasteiger charge is 2.34. The number of pyridine rings is 1. The molecule has 2 aromatic rings. The molecule has 25 heavy (non-hydrogen) atoms. The van der Waals surface area contributed by atoms with Crippen LogP contribution in [0.2, 0.25) is 0 Å². The van der Waals surface area contributed by atoms with Gasteiger partial charge in [-0.25, -0.2) is 4.98 Å². The Morgan fingerprint density at radius 3 is 2.76 bits per heavy atom. The Bertz CT molecular complexity index is 734. The molecule has 0 aliphatic carbocycles. The zero-order valence-electron chi connectivity index (χ0n) is 14.1. The smallest absolute Gasteiger partial charge is 0.229 e. The lowest BCUT2D eigenvalue weighted by atomic mass is 10.1. The Morgan fingerprint density at radius 2 is 2.08 bits per heavy atom. The van der Waals surface area contributed by atoms with Gasteiger partial charge in [-0.1, -0.05) is 37.3 Å². The third kappa shape index (κ3) is 4.60. The number of amides is 2. The summed E-state index contributed by atoms with van der Waals surface area (Å²) in [6.07, 6.45) is 1.92. The molecule has 0 saturated carbocycles. The highest BCUT2D eigenvalue weighted by atomic mass is 32.2. The van der Waals surface area contributed by atoms with Crippen LogP contribution in [0.25, 0.3) is 0 Å². The zero-order valence-corrected chi connectivity index (χ0v) is 15.0. The van der Waals surface area contributed by atoms with Gasteiger partial charge in [0.25, 0.3) is 0 Å². The predicted octanol–water partition coefficient (Wildman–Crippen LogP) is 3.18. The fourth-order valence-corrected chi connectivity index (χ4v) is 3.42. The van der Waals surface area contributed by atoms with Crippen molar-refractivity contribution in [2.75, 3.05) is 17.6 Å². The maximum absolute atomic E-state index is 12.4. The van der Waals surface area contributed by atoms with Gasteiger partial charge in [0.1, 0.15) is 0 Å². The van der Waals surface area contributed by atoms with Gasteiger partial charge in [0.2, 0.25) is 11.8 Å². The minimum Gasteiger partial charge on any atom is -0.338 e. The van der Waals surface area contributed by atoms with E-state index in [-0.39, 0.29) is 24.2 Å². The van der Waals surface area contributed by atoms with E-state index in [0.29, 0.717) is 18.8 Å². The quantitative estimate of drug-likeness (QED) is 0.809. The monoisotopic (exact) mass is 355 g/mol. The van der Waals surface area contributed by atoms with Crippen molar-refractivity contribution in [3.8, 4) is 0 Å². The standard InChI is InChI=1S/C19H21N3O2S/c1-2-25-17-9-8-16(11-20-17)21-19(24)15-10-18(23)22(13-15)12-14-6-4-3-5-7-14/h3-9,11,15H,2,10,12-13H2,1H3,(H,21,24). The maximum atomic E-state index is 12.4. The zero-order chi connectivity index (χ0) is 17.6. The van der Waals surface area contributed by atoms with Crippen LogP contribution in [-0.2, 0) is 16.1 Å². The number of nitrogens with zero attached hydrogens (tertiary/aromatic N) is 2. The minimum atomic E-state index is -0.319. The van der Waals surface area contributed by atoms with Crippen LogP contribution < -0.4 is 5.32 Å². The fraction of sp³-hybridized carbons (Fsp3) is 0.316. The maximum Gasteiger partial charge on any atom is 0.229 e. The number of carbonyl (C=O) groups is 2. The number of aromatic nitrogens is 1. The average Bonchev–Trinajstić information content (AvgIpc) is 2.99. The lowest BCUT2D eigenvalue weighted by Gasteiger charge is -2.16. The first-order chi connectivity index (χ1) is 12.2. The Kier molecular flexibility index (Phi) is 5.71. The van der Waals surface area contributed by atoms with Gasteiger partial charge in [-0.05, 0) is 23.4 Å². The number of thioether (sulfide) groups is 1. The second-order valence-corrected chi connectivity index (χ2v) is 7.25. The van der Waals surface area contributed by atoms with E-state index < -0.39 is 0 Å². The molecule has 1 aliphatic heterocycles. The van der Waals surface area contributed by atoms with E-state index >= 15 is 0 Å². The van der Waals surface area contributed by atoms with E-state index in [1.807, 2.05) is 42.5 Å². The molecule has 0 spiro atoms. The van der Waals surface area contributed by atoms with Crippen LogP contribution in [0.4, 0.5) is 5.69 Å². The van der Waals surface area contributed by atoms with Crippen LogP contribution in [0.15, 0.2) is 53.7 Å². The first kappa shape index (κ1) is 17.5. The first-order valence-corrected chi connectivity index (χ1v) is 9.35. The number of likely N-dealkylation sites (tertiary alicyclic amines) is 1. The predicted molar refractivity (Wildman–Crippen MR) is 99.2 cm³/mol. The molecule has 6 heteroatoms. The average molecular weight is 355 g/mol. The second kappa shape index (κ2) is 8.16. The van der Waals surface area contributed by atoms with E-state index in [9.17, 15) is 9.59 Å². The summed E-state index contributed by atoms with van der Waals surface area (Å²) in [5, 5.41) is 3.80. The van der Waals surface area contributed by atoms with E-state index in [4.69, 9.17) is 0 Å². The normalized spacial score (nSPS) is 16.9. The van der Waals surface area contributed by atoms with E-state index in [1.54, 1.807) is 22.9 Å². The molecule has 3 rings (SSSR count). The minimum absolute atomic E-state index is 0.0248. The molecule has 2 heterocycles. The number of benzene rings is 1. The van der Waals surface area contributed by atoms with Crippen molar-refractivity contribution in [3.63, 3.8) is 0 Å². The summed E-state index contributed by atoms with van der Waals surface area (Å²) in [5.74, 6) is 0.541. The number of carbonyl (C=O) groups excluding carboxylic acids is 2. The molecule has 1 aliphatic rings. The largest absolute Gasteiger partial charge is 0.338 e. The Labute approximate surface area is 151 Å². The van der Waals surface area contributed by atoms with Gasteiger partial charge in [0, 0.05) is 19.5 Å². The molecular formula is C19H21N3O2S. The summed E-state index contributed by atoms with van der Waals surface area (Å²) in [4.78, 5) is 30.7. The van der Waals surface area contributed by atoms with Crippen molar-refractivity contribution in [1.82, 2.24) is 9.88 Å². The Hall–Kier alpha value is -2.34. The summed E-state index contributed by atoms with van der Waals surface area (Å²) in [6, 6.07) is 13.6. The molecule has 1 unspecified atom stereocenters. The molecular weight excluding hydrogens is 334 g/mol. The summed E-state index contributed by atoms with van der Waals surface area (Å²) < 4.78 is 0. The molecule has 130 valence electrons. The molecule has 1 aromatic heterocycles. The Morgan fingerprint density at radius 1 is 1.28 bits per heavy atom. The number of hydrogen-bond donors (Lipinski definition) is 1. The number of nitrogens with one attached hydrogen (secondary N) is 1. The van der Waals surface area contributed by atoms with E-state index in [0.717, 1.165) is 16.3 Å². The van der Waals surface area contributed by atoms with Gasteiger partial charge in [0.05, 0.1) is 22.8 Å². The topological polar surface area (TPSA) is 62.3 Å². The van der Waals surface area contributed by atoms with Gasteiger partial charge < -0.3 is 10.2 Å². The van der Waals surface area contributed by atoms with Crippen LogP contribution >= 0.6 is 11.8 Å². The summed E-state index contributed by atoms with van der Waals surface area (Å²) in [6.45, 7) is 3.07. The van der Waals surface area contributed by atoms with Crippen molar-refractivity contribution in [2.24, 2.45) is 5.92 Å². The third-order valence-electron chi connectivity index (χ3n) is 4.10. The van der Waals surface area contributed by atoms with Gasteiger partial charge in [-0.2, -0.15) is 0 Å². The lowest BCUT2D eigenvalue weighted by Crippen LogP contribution is -2.28. The van der Waals surface area contributed by atoms with Crippen molar-refractivity contribution in [2.45, 2.75) is 24.9 Å². The molecule has 1 aromatic carbocycles. The highest BCUT2D eigenvalue weighted by molar-refractivity contribution is 7.99. The molecule has 2 amide bonds. The highest BCUT2D eigenvalue weighted by Crippen LogP contribution is 2.22. The van der Waals surface area contributed by atoms with Gasteiger partial charge in [-0.3, -0.25) is 9.59 Å². The molecule has 1 fully saturated rings. The van der Waals surface area contributed by atoms with Crippen LogP contribution in [0, 0.1) is 5.92 Å². The Balaban J connectivity index is 1.57. The van der Waals surface area contributed by atoms with Gasteiger partial charge in [-0.15, -0.1) is 11.8 Å². The van der Waals surface area contributed by atoms with E-state index in [2.05, 4.69) is 17.2 Å². The summed E-state index contributed by atoms with van der Waals surface area (Å²) >= 11 is 1.65. The summed E-state index contributed by atoms with van der Waals surface area (Å²) in [5.41, 5.74) is 1.74. The van der Waals surface area contributed by atoms with Crippen molar-refractivity contribution < 1.29 is 9.59 Å². The molecule has 0 bridgehead atoms. The van der Waals surface area contributed by atoms with Crippen LogP contribution in [0.5, 0.6) is 0 Å². The van der Waals surface area contributed by atoms with Crippen LogP contribution in [0.3, 0.4) is 0 Å². The second-order valence-electron chi connectivity index (χ2n) is 5.97. The third-order valence-corrected chi connectivity index (χ3v) is 4.92. The van der Waals surface area contributed by atoms with Crippen molar-refractivity contribution in [1.29, 1.82) is 0 Å². The van der Waals surface area contributed by atoms with Crippen LogP contribution in [0.1, 0.15) is 18.9 Å². The number of anilines is 1. The SMILES string of the molecule is CCSc1ccc(NC(=O)C2CC(=O)N(Cc3ccccc3)C2)cn1. The fourth-order valence-electron chi connectivity index (χ4n) is 2.84. The lowest BCUT2D eigenvalue weighted by molar-refractivity contribution is -0.128. The van der Waals surface area contributed by atoms with Crippen molar-refractivity contribution >= 4 is 29.3 Å². The molecule has 1 N–H and O–H groups in total. The number of rotatable bonds is 6. The molecule has 5 nitrogen and oxygen atoms in total. The van der Waals surface area contributed by atoms with Crippen LogP contribution in [-0.4, -0.2) is 34.0 Å². The van der Waals surface area contributed by atoms with Gasteiger partial charge >= 0.3 is 0 Å².